The van der Waals surface area contributed by atoms with Gasteiger partial charge in [-0.3, -0.25) is 9.59 Å². The first-order valence-electron chi connectivity index (χ1n) is 6.72. The van der Waals surface area contributed by atoms with Crippen LogP contribution in [0.4, 0.5) is 0 Å². The van der Waals surface area contributed by atoms with Crippen LogP contribution in [0.5, 0.6) is 11.5 Å². The lowest BCUT2D eigenvalue weighted by molar-refractivity contribution is -0.141. The van der Waals surface area contributed by atoms with Crippen LogP contribution in [-0.4, -0.2) is 37.7 Å². The summed E-state index contributed by atoms with van der Waals surface area (Å²) in [5, 5.41) is 11.5. The molecule has 6 heteroatoms. The number of ether oxygens (including phenoxy) is 2. The number of benzene rings is 1. The number of carboxylic acid groups (broad SMARTS) is 1. The molecule has 0 saturated heterocycles. The van der Waals surface area contributed by atoms with Crippen molar-refractivity contribution in [2.75, 3.05) is 20.8 Å². The van der Waals surface area contributed by atoms with Crippen LogP contribution in [0, 0.1) is 5.92 Å². The Hall–Kier alpha value is -2.24. The molecule has 1 atom stereocenters. The van der Waals surface area contributed by atoms with Crippen LogP contribution in [0.25, 0.3) is 0 Å². The Bertz CT molecular complexity index is 479. The van der Waals surface area contributed by atoms with Gasteiger partial charge in [0.25, 0.3) is 5.91 Å². The van der Waals surface area contributed by atoms with E-state index in [0.717, 1.165) is 0 Å². The summed E-state index contributed by atoms with van der Waals surface area (Å²) in [7, 11) is 3.04. The van der Waals surface area contributed by atoms with Crippen LogP contribution in [0.3, 0.4) is 0 Å². The molecule has 1 aromatic carbocycles. The van der Waals surface area contributed by atoms with Crippen molar-refractivity contribution in [3.63, 3.8) is 0 Å². The van der Waals surface area contributed by atoms with Crippen molar-refractivity contribution in [1.29, 1.82) is 0 Å². The van der Waals surface area contributed by atoms with E-state index in [4.69, 9.17) is 14.6 Å². The van der Waals surface area contributed by atoms with Crippen molar-refractivity contribution in [3.8, 4) is 11.5 Å². The number of carbonyl (C=O) groups is 2. The van der Waals surface area contributed by atoms with Crippen molar-refractivity contribution in [3.05, 3.63) is 23.8 Å². The molecule has 21 heavy (non-hydrogen) atoms. The van der Waals surface area contributed by atoms with E-state index in [1.165, 1.54) is 14.2 Å². The minimum Gasteiger partial charge on any atom is -0.497 e. The molecule has 2 N–H and O–H groups in total. The van der Waals surface area contributed by atoms with E-state index >= 15 is 0 Å². The summed E-state index contributed by atoms with van der Waals surface area (Å²) < 4.78 is 10.2. The third kappa shape index (κ3) is 5.33. The van der Waals surface area contributed by atoms with Gasteiger partial charge in [0, 0.05) is 18.2 Å². The summed E-state index contributed by atoms with van der Waals surface area (Å²) in [5.74, 6) is -0.383. The summed E-state index contributed by atoms with van der Waals surface area (Å²) in [5.41, 5.74) is 0.442. The standard InChI is InChI=1S/C15H21NO5/c1-10(15(18)19)5-4-6-16-14(17)11-7-12(20-2)9-13(8-11)21-3/h7-10H,4-6H2,1-3H3,(H,16,17)(H,18,19). The molecule has 0 aromatic heterocycles. The normalized spacial score (nSPS) is 11.6. The molecule has 0 fully saturated rings. The van der Waals surface area contributed by atoms with Gasteiger partial charge in [-0.1, -0.05) is 6.92 Å². The zero-order chi connectivity index (χ0) is 15.8. The fourth-order valence-corrected chi connectivity index (χ4v) is 1.77. The highest BCUT2D eigenvalue weighted by atomic mass is 16.5. The van der Waals surface area contributed by atoms with Crippen molar-refractivity contribution in [2.24, 2.45) is 5.92 Å². The molecule has 116 valence electrons. The van der Waals surface area contributed by atoms with Gasteiger partial charge in [-0.05, 0) is 25.0 Å². The second kappa shape index (κ2) is 8.14. The minimum atomic E-state index is -0.821. The maximum atomic E-state index is 12.0. The highest BCUT2D eigenvalue weighted by Gasteiger charge is 2.12. The third-order valence-electron chi connectivity index (χ3n) is 3.13. The maximum Gasteiger partial charge on any atom is 0.306 e. The molecular formula is C15H21NO5. The lowest BCUT2D eigenvalue weighted by Gasteiger charge is -2.10. The summed E-state index contributed by atoms with van der Waals surface area (Å²) in [6.07, 6.45) is 1.14. The van der Waals surface area contributed by atoms with E-state index in [1.807, 2.05) is 0 Å². The van der Waals surface area contributed by atoms with Crippen molar-refractivity contribution < 1.29 is 24.2 Å². The second-order valence-electron chi connectivity index (χ2n) is 4.74. The smallest absolute Gasteiger partial charge is 0.306 e. The fourth-order valence-electron chi connectivity index (χ4n) is 1.77. The predicted octanol–water partition coefficient (Wildman–Crippen LogP) is 1.93. The van der Waals surface area contributed by atoms with Gasteiger partial charge in [0.15, 0.2) is 0 Å². The van der Waals surface area contributed by atoms with Crippen molar-refractivity contribution in [2.45, 2.75) is 19.8 Å². The number of amides is 1. The lowest BCUT2D eigenvalue weighted by Crippen LogP contribution is -2.25. The molecule has 0 aliphatic heterocycles. The van der Waals surface area contributed by atoms with Gasteiger partial charge in [-0.2, -0.15) is 0 Å². The van der Waals surface area contributed by atoms with E-state index in [-0.39, 0.29) is 5.91 Å². The topological polar surface area (TPSA) is 84.9 Å². The maximum absolute atomic E-state index is 12.0. The number of hydrogen-bond donors (Lipinski definition) is 2. The largest absolute Gasteiger partial charge is 0.497 e. The van der Waals surface area contributed by atoms with Crippen LogP contribution >= 0.6 is 0 Å². The molecule has 1 unspecified atom stereocenters. The molecule has 6 nitrogen and oxygen atoms in total. The van der Waals surface area contributed by atoms with E-state index < -0.39 is 11.9 Å². The van der Waals surface area contributed by atoms with Gasteiger partial charge in [-0.25, -0.2) is 0 Å². The zero-order valence-electron chi connectivity index (χ0n) is 12.5. The Labute approximate surface area is 124 Å². The average Bonchev–Trinajstić information content (AvgIpc) is 2.50. The summed E-state index contributed by atoms with van der Waals surface area (Å²) in [4.78, 5) is 22.7. The molecule has 0 aliphatic rings. The zero-order valence-corrected chi connectivity index (χ0v) is 12.5. The van der Waals surface area contributed by atoms with E-state index in [2.05, 4.69) is 5.32 Å². The van der Waals surface area contributed by atoms with Crippen LogP contribution in [-0.2, 0) is 4.79 Å². The molecule has 0 radical (unpaired) electrons. The molecule has 0 heterocycles. The molecular weight excluding hydrogens is 274 g/mol. The van der Waals surface area contributed by atoms with E-state index in [1.54, 1.807) is 25.1 Å². The number of nitrogens with one attached hydrogen (secondary N) is 1. The second-order valence-corrected chi connectivity index (χ2v) is 4.74. The van der Waals surface area contributed by atoms with Gasteiger partial charge < -0.3 is 19.9 Å². The Morgan fingerprint density at radius 1 is 1.19 bits per heavy atom. The Kier molecular flexibility index (Phi) is 6.52. The quantitative estimate of drug-likeness (QED) is 0.716. The number of hydrogen-bond acceptors (Lipinski definition) is 4. The van der Waals surface area contributed by atoms with Gasteiger partial charge in [0.05, 0.1) is 20.1 Å². The monoisotopic (exact) mass is 295 g/mol. The summed E-state index contributed by atoms with van der Waals surface area (Å²) in [6.45, 7) is 2.08. The van der Waals surface area contributed by atoms with Gasteiger partial charge in [-0.15, -0.1) is 0 Å². The van der Waals surface area contributed by atoms with Crippen LogP contribution in [0.2, 0.25) is 0 Å². The van der Waals surface area contributed by atoms with E-state index in [9.17, 15) is 9.59 Å². The molecule has 0 saturated carbocycles. The summed E-state index contributed by atoms with van der Waals surface area (Å²) in [6, 6.07) is 4.93. The lowest BCUT2D eigenvalue weighted by atomic mass is 10.1. The molecule has 1 aromatic rings. The Morgan fingerprint density at radius 3 is 2.24 bits per heavy atom. The van der Waals surface area contributed by atoms with Crippen LogP contribution < -0.4 is 14.8 Å². The predicted molar refractivity (Wildman–Crippen MR) is 77.9 cm³/mol. The average molecular weight is 295 g/mol. The number of carboxylic acids is 1. The summed E-state index contributed by atoms with van der Waals surface area (Å²) >= 11 is 0. The number of carbonyl (C=O) groups excluding carboxylic acids is 1. The van der Waals surface area contributed by atoms with Gasteiger partial charge >= 0.3 is 5.97 Å². The first kappa shape index (κ1) is 16.8. The highest BCUT2D eigenvalue weighted by Crippen LogP contribution is 2.22. The van der Waals surface area contributed by atoms with Gasteiger partial charge in [0.2, 0.25) is 0 Å². The SMILES string of the molecule is COc1cc(OC)cc(C(=O)NCCCC(C)C(=O)O)c1. The fraction of sp³-hybridized carbons (Fsp3) is 0.467. The van der Waals surface area contributed by atoms with Crippen molar-refractivity contribution >= 4 is 11.9 Å². The van der Waals surface area contributed by atoms with Gasteiger partial charge in [0.1, 0.15) is 11.5 Å². The first-order chi connectivity index (χ1) is 9.97. The molecule has 0 aliphatic carbocycles. The van der Waals surface area contributed by atoms with Crippen LogP contribution in [0.1, 0.15) is 30.1 Å². The molecule has 0 bridgehead atoms. The van der Waals surface area contributed by atoms with Crippen molar-refractivity contribution in [1.82, 2.24) is 5.32 Å². The molecule has 0 spiro atoms. The molecule has 1 amide bonds. The Morgan fingerprint density at radius 2 is 1.76 bits per heavy atom. The first-order valence-corrected chi connectivity index (χ1v) is 6.72. The van der Waals surface area contributed by atoms with E-state index in [0.29, 0.717) is 36.4 Å². The molecule has 1 rings (SSSR count). The van der Waals surface area contributed by atoms with Crippen LogP contribution in [0.15, 0.2) is 18.2 Å². The minimum absolute atomic E-state index is 0.241. The number of methoxy groups -OCH3 is 2. The number of rotatable bonds is 8. The number of aliphatic carboxylic acids is 1. The Balaban J connectivity index is 2.54. The third-order valence-corrected chi connectivity index (χ3v) is 3.13. The highest BCUT2D eigenvalue weighted by molar-refractivity contribution is 5.95.